The molecule has 1 atom stereocenters. The minimum absolute atomic E-state index is 0.278. The molecule has 0 saturated heterocycles. The maximum atomic E-state index is 10.6. The van der Waals surface area contributed by atoms with E-state index in [0.717, 1.165) is 44.7 Å². The van der Waals surface area contributed by atoms with Crippen LogP contribution in [0.3, 0.4) is 0 Å². The summed E-state index contributed by atoms with van der Waals surface area (Å²) in [6, 6.07) is 18.2. The van der Waals surface area contributed by atoms with Crippen LogP contribution < -0.4 is 4.52 Å². The fourth-order valence-corrected chi connectivity index (χ4v) is 3.32. The van der Waals surface area contributed by atoms with Crippen molar-refractivity contribution in [3.63, 3.8) is 0 Å². The minimum atomic E-state index is -0.278. The van der Waals surface area contributed by atoms with Crippen molar-refractivity contribution in [2.24, 2.45) is 0 Å². The van der Waals surface area contributed by atoms with E-state index in [1.54, 1.807) is 0 Å². The van der Waals surface area contributed by atoms with E-state index < -0.39 is 0 Å². The predicted octanol–water partition coefficient (Wildman–Crippen LogP) is 9.50. The van der Waals surface area contributed by atoms with Crippen molar-refractivity contribution >= 4 is 69.4 Å². The topological polar surface area (TPSA) is 29.5 Å². The quantitative estimate of drug-likeness (QED) is 0.212. The Morgan fingerprint density at radius 2 is 1.17 bits per heavy atom. The molecule has 1 N–H and O–H groups in total. The van der Waals surface area contributed by atoms with Crippen molar-refractivity contribution in [1.29, 1.82) is 0 Å². The van der Waals surface area contributed by atoms with Crippen molar-refractivity contribution in [2.75, 3.05) is 0 Å². The second-order valence-corrected chi connectivity index (χ2v) is 41.8. The van der Waals surface area contributed by atoms with Gasteiger partial charge in [-0.1, -0.05) is 56.3 Å². The first kappa shape index (κ1) is 28.5. The molecule has 0 radical (unpaired) electrons. The molecule has 0 saturated carbocycles. The van der Waals surface area contributed by atoms with Crippen molar-refractivity contribution in [1.82, 2.24) is 0 Å². The Hall–Kier alpha value is 0.464. The third-order valence-electron chi connectivity index (χ3n) is 4.61. The Bertz CT molecular complexity index is 931. The summed E-state index contributed by atoms with van der Waals surface area (Å²) in [5.41, 5.74) is 7.38. The number of hydrogen-bond acceptors (Lipinski definition) is 2. The molecule has 0 aliphatic carbocycles. The molecule has 0 heterocycles. The van der Waals surface area contributed by atoms with Crippen LogP contribution in [0, 0.1) is 20.8 Å². The Morgan fingerprint density at radius 3 is 1.63 bits per heavy atom. The van der Waals surface area contributed by atoms with Gasteiger partial charge in [0.05, 0.1) is 9.47 Å². The van der Waals surface area contributed by atoms with Gasteiger partial charge < -0.3 is 9.63 Å². The third kappa shape index (κ3) is 7.80. The number of phenols is 1. The van der Waals surface area contributed by atoms with Gasteiger partial charge in [-0.05, 0) is 71.8 Å². The van der Waals surface area contributed by atoms with Crippen molar-refractivity contribution < 1.29 is 14.6 Å². The first-order chi connectivity index (χ1) is 14.3. The Morgan fingerprint density at radius 1 is 0.733 bits per heavy atom. The molecule has 0 fully saturated rings. The zero-order valence-electron chi connectivity index (χ0n) is 17.7. The SMILES string of the molecule is CC.Cc1c(C)c(-c2ccc(OP)cc2)c(-c2ccccc2)c(C)c1O.[I][V]([I])[I]. The Labute approximate surface area is 221 Å². The Kier molecular flexibility index (Phi) is 13.8. The van der Waals surface area contributed by atoms with Gasteiger partial charge in [0.2, 0.25) is 0 Å². The molecule has 3 rings (SSSR count). The molecule has 7 heteroatoms. The van der Waals surface area contributed by atoms with Crippen LogP contribution in [-0.2, 0) is 4.92 Å². The molecule has 1 unspecified atom stereocenters. The van der Waals surface area contributed by atoms with E-state index in [0.29, 0.717) is 5.75 Å². The average molecular weight is 798 g/mol. The van der Waals surface area contributed by atoms with Crippen molar-refractivity contribution in [3.8, 4) is 33.8 Å². The molecule has 0 aliphatic rings. The van der Waals surface area contributed by atoms with E-state index in [9.17, 15) is 5.11 Å². The van der Waals surface area contributed by atoms with Crippen LogP contribution in [0.1, 0.15) is 30.5 Å². The van der Waals surface area contributed by atoms with Gasteiger partial charge in [0.1, 0.15) is 11.5 Å². The van der Waals surface area contributed by atoms with E-state index in [-0.39, 0.29) is 4.92 Å². The molecule has 162 valence electrons. The van der Waals surface area contributed by atoms with E-state index in [4.69, 9.17) is 4.52 Å². The first-order valence-electron chi connectivity index (χ1n) is 9.40. The normalized spacial score (nSPS) is 9.93. The summed E-state index contributed by atoms with van der Waals surface area (Å²) in [7, 11) is 2.26. The number of phenolic OH excluding ortho intramolecular Hbond substituents is 1. The van der Waals surface area contributed by atoms with Crippen LogP contribution in [0.15, 0.2) is 54.6 Å². The number of hydrogen-bond donors (Lipinski definition) is 1. The van der Waals surface area contributed by atoms with Crippen LogP contribution in [-0.4, -0.2) is 5.11 Å². The summed E-state index contributed by atoms with van der Waals surface area (Å²) >= 11 is 7.39. The molecular weight excluding hydrogens is 771 g/mol. The van der Waals surface area contributed by atoms with Gasteiger partial charge in [-0.15, -0.1) is 0 Å². The molecular formula is C23H27I3O2PV. The zero-order valence-corrected chi connectivity index (χ0v) is 26.7. The summed E-state index contributed by atoms with van der Waals surface area (Å²) in [5, 5.41) is 10.6. The van der Waals surface area contributed by atoms with Gasteiger partial charge in [-0.2, -0.15) is 0 Å². The molecule has 30 heavy (non-hydrogen) atoms. The van der Waals surface area contributed by atoms with Crippen molar-refractivity contribution in [3.05, 3.63) is 71.3 Å². The summed E-state index contributed by atoms with van der Waals surface area (Å²) in [6.45, 7) is 10.0. The van der Waals surface area contributed by atoms with E-state index in [1.807, 2.05) is 58.0 Å². The van der Waals surface area contributed by atoms with Gasteiger partial charge in [0, 0.05) is 0 Å². The maximum absolute atomic E-state index is 10.6. The average Bonchev–Trinajstić information content (AvgIpc) is 2.76. The van der Waals surface area contributed by atoms with Crippen molar-refractivity contribution in [2.45, 2.75) is 34.6 Å². The van der Waals surface area contributed by atoms with Gasteiger partial charge in [-0.25, -0.2) is 0 Å². The van der Waals surface area contributed by atoms with Crippen LogP contribution in [0.5, 0.6) is 11.5 Å². The summed E-state index contributed by atoms with van der Waals surface area (Å²) < 4.78 is 5.19. The summed E-state index contributed by atoms with van der Waals surface area (Å²) in [6.07, 6.45) is 0. The second kappa shape index (κ2) is 14.6. The van der Waals surface area contributed by atoms with Crippen LogP contribution in [0.4, 0.5) is 0 Å². The fraction of sp³-hybridized carbons (Fsp3) is 0.217. The molecule has 0 spiro atoms. The molecule has 0 bridgehead atoms. The van der Waals surface area contributed by atoms with Crippen LogP contribution in [0.25, 0.3) is 22.3 Å². The third-order valence-corrected chi connectivity index (χ3v) is 4.89. The van der Waals surface area contributed by atoms with Crippen LogP contribution in [0.2, 0.25) is 0 Å². The summed E-state index contributed by atoms with van der Waals surface area (Å²) in [4.78, 5) is -0.278. The van der Waals surface area contributed by atoms with E-state index in [2.05, 4.69) is 101 Å². The van der Waals surface area contributed by atoms with Gasteiger partial charge in [0.25, 0.3) is 0 Å². The van der Waals surface area contributed by atoms with Crippen LogP contribution >= 0.6 is 69.4 Å². The monoisotopic (exact) mass is 798 g/mol. The Balaban J connectivity index is 0.000000673. The van der Waals surface area contributed by atoms with E-state index in [1.165, 1.54) is 0 Å². The van der Waals surface area contributed by atoms with Gasteiger partial charge >= 0.3 is 64.9 Å². The second-order valence-electron chi connectivity index (χ2n) is 6.17. The zero-order chi connectivity index (χ0) is 22.8. The molecule has 0 aromatic heterocycles. The number of halogens is 3. The predicted molar refractivity (Wildman–Crippen MR) is 157 cm³/mol. The first-order valence-corrected chi connectivity index (χ1v) is 23.4. The molecule has 3 aromatic carbocycles. The van der Waals surface area contributed by atoms with E-state index >= 15 is 0 Å². The van der Waals surface area contributed by atoms with Gasteiger partial charge in [0.15, 0.2) is 0 Å². The molecule has 0 amide bonds. The molecule has 0 aliphatic heterocycles. The number of benzene rings is 3. The summed E-state index contributed by atoms with van der Waals surface area (Å²) in [5.74, 6) is 1.18. The molecule has 3 aromatic rings. The number of aromatic hydroxyl groups is 1. The fourth-order valence-electron chi connectivity index (χ4n) is 3.17. The number of rotatable bonds is 3. The standard InChI is InChI=1S/C21H21O2P.C2H6.3HI.V/c1-13-14(2)21(22)15(3)20(16-7-5-4-6-8-16)19(13)17-9-11-18(23-24)12-10-17;1-2;;;;/h4-12,22H,24H2,1-3H3;1-2H3;3*1H;/q;;;;;+3/p-3. The molecule has 2 nitrogen and oxygen atoms in total. The van der Waals surface area contributed by atoms with Gasteiger partial charge in [-0.3, -0.25) is 0 Å².